The van der Waals surface area contributed by atoms with Crippen molar-refractivity contribution in [1.82, 2.24) is 9.80 Å². The maximum atomic E-state index is 11.2. The second-order valence-electron chi connectivity index (χ2n) is 4.15. The van der Waals surface area contributed by atoms with Crippen LogP contribution in [0.25, 0.3) is 0 Å². The highest BCUT2D eigenvalue weighted by Gasteiger charge is 2.19. The number of nitrogens with zero attached hydrogens (tertiary/aromatic N) is 2. The quantitative estimate of drug-likeness (QED) is 0.661. The lowest BCUT2D eigenvalue weighted by atomic mass is 9.97. The molecule has 1 heterocycles. The summed E-state index contributed by atoms with van der Waals surface area (Å²) in [7, 11) is 3.98. The standard InChI is InChI=1S/C10H19ClN2O/c1-12-5-3-9(4-6-12)8-13(2)10(14)7-11/h9H,3-8H2,1-2H3. The smallest absolute Gasteiger partial charge is 0.237 e. The Hall–Kier alpha value is -0.280. The van der Waals surface area contributed by atoms with Crippen molar-refractivity contribution in [2.45, 2.75) is 12.8 Å². The molecule has 0 unspecified atom stereocenters. The Morgan fingerprint density at radius 3 is 2.57 bits per heavy atom. The van der Waals surface area contributed by atoms with E-state index in [-0.39, 0.29) is 11.8 Å². The minimum Gasteiger partial charge on any atom is -0.344 e. The summed E-state index contributed by atoms with van der Waals surface area (Å²) in [5.74, 6) is 0.789. The maximum absolute atomic E-state index is 11.2. The van der Waals surface area contributed by atoms with Crippen LogP contribution in [0.5, 0.6) is 0 Å². The minimum atomic E-state index is 0.0330. The van der Waals surface area contributed by atoms with Crippen LogP contribution in [0.15, 0.2) is 0 Å². The van der Waals surface area contributed by atoms with Crippen LogP contribution in [-0.4, -0.2) is 55.3 Å². The Kier molecular flexibility index (Phi) is 4.69. The topological polar surface area (TPSA) is 23.6 Å². The number of likely N-dealkylation sites (tertiary alicyclic amines) is 1. The molecule has 1 rings (SSSR count). The summed E-state index contributed by atoms with van der Waals surface area (Å²) < 4.78 is 0. The number of amides is 1. The van der Waals surface area contributed by atoms with Crippen molar-refractivity contribution in [3.63, 3.8) is 0 Å². The van der Waals surface area contributed by atoms with Crippen molar-refractivity contribution in [1.29, 1.82) is 0 Å². The summed E-state index contributed by atoms with van der Waals surface area (Å²) >= 11 is 5.49. The monoisotopic (exact) mass is 218 g/mol. The van der Waals surface area contributed by atoms with Crippen molar-refractivity contribution in [2.75, 3.05) is 39.6 Å². The van der Waals surface area contributed by atoms with Crippen molar-refractivity contribution in [3.05, 3.63) is 0 Å². The average Bonchev–Trinajstić information content (AvgIpc) is 2.20. The number of alkyl halides is 1. The van der Waals surface area contributed by atoms with E-state index in [9.17, 15) is 4.79 Å². The number of carbonyl (C=O) groups excluding carboxylic acids is 1. The number of carbonyl (C=O) groups is 1. The number of hydrogen-bond acceptors (Lipinski definition) is 2. The lowest BCUT2D eigenvalue weighted by Crippen LogP contribution is -2.38. The Morgan fingerprint density at radius 2 is 2.07 bits per heavy atom. The molecule has 1 saturated heterocycles. The van der Waals surface area contributed by atoms with Crippen LogP contribution in [0.4, 0.5) is 0 Å². The van der Waals surface area contributed by atoms with Crippen LogP contribution in [-0.2, 0) is 4.79 Å². The second-order valence-corrected chi connectivity index (χ2v) is 4.42. The molecule has 0 spiro atoms. The van der Waals surface area contributed by atoms with Crippen LogP contribution >= 0.6 is 11.6 Å². The third kappa shape index (κ3) is 3.46. The predicted molar refractivity (Wildman–Crippen MR) is 58.6 cm³/mol. The van der Waals surface area contributed by atoms with Crippen molar-refractivity contribution >= 4 is 17.5 Å². The number of halogens is 1. The van der Waals surface area contributed by atoms with Gasteiger partial charge in [-0.3, -0.25) is 4.79 Å². The second kappa shape index (κ2) is 5.56. The van der Waals surface area contributed by atoms with E-state index in [4.69, 9.17) is 11.6 Å². The zero-order valence-corrected chi connectivity index (χ0v) is 9.76. The molecule has 0 aromatic carbocycles. The summed E-state index contributed by atoms with van der Waals surface area (Å²) in [6, 6.07) is 0. The van der Waals surface area contributed by atoms with Gasteiger partial charge in [-0.05, 0) is 38.9 Å². The minimum absolute atomic E-state index is 0.0330. The summed E-state index contributed by atoms with van der Waals surface area (Å²) in [6.07, 6.45) is 2.38. The van der Waals surface area contributed by atoms with Crippen molar-refractivity contribution in [2.24, 2.45) is 5.92 Å². The first-order chi connectivity index (χ1) is 6.63. The first-order valence-electron chi connectivity index (χ1n) is 5.12. The van der Waals surface area contributed by atoms with Crippen LogP contribution < -0.4 is 0 Å². The Bertz CT molecular complexity index is 191. The summed E-state index contributed by atoms with van der Waals surface area (Å²) in [6.45, 7) is 3.15. The Morgan fingerprint density at radius 1 is 1.50 bits per heavy atom. The van der Waals surface area contributed by atoms with Gasteiger partial charge < -0.3 is 9.80 Å². The van der Waals surface area contributed by atoms with Gasteiger partial charge in [-0.25, -0.2) is 0 Å². The SMILES string of the molecule is CN1CCC(CN(C)C(=O)CCl)CC1. The third-order valence-corrected chi connectivity index (χ3v) is 3.14. The van der Waals surface area contributed by atoms with Crippen molar-refractivity contribution < 1.29 is 4.79 Å². The van der Waals surface area contributed by atoms with E-state index in [1.165, 1.54) is 12.8 Å². The highest BCUT2D eigenvalue weighted by atomic mass is 35.5. The normalized spacial score (nSPS) is 19.6. The highest BCUT2D eigenvalue weighted by Crippen LogP contribution is 2.16. The van der Waals surface area contributed by atoms with E-state index < -0.39 is 0 Å². The summed E-state index contributed by atoms with van der Waals surface area (Å²) in [5.41, 5.74) is 0. The van der Waals surface area contributed by atoms with Gasteiger partial charge in [0, 0.05) is 13.6 Å². The van der Waals surface area contributed by atoms with Gasteiger partial charge in [0.25, 0.3) is 0 Å². The third-order valence-electron chi connectivity index (χ3n) is 2.91. The van der Waals surface area contributed by atoms with Gasteiger partial charge >= 0.3 is 0 Å². The van der Waals surface area contributed by atoms with Crippen molar-refractivity contribution in [3.8, 4) is 0 Å². The van der Waals surface area contributed by atoms with Gasteiger partial charge in [0.15, 0.2) is 0 Å². The number of hydrogen-bond donors (Lipinski definition) is 0. The molecule has 3 nitrogen and oxygen atoms in total. The van der Waals surface area contributed by atoms with E-state index in [1.807, 2.05) is 7.05 Å². The first kappa shape index (κ1) is 11.8. The fraction of sp³-hybridized carbons (Fsp3) is 0.900. The lowest BCUT2D eigenvalue weighted by molar-refractivity contribution is -0.127. The largest absolute Gasteiger partial charge is 0.344 e. The van der Waals surface area contributed by atoms with E-state index in [2.05, 4.69) is 11.9 Å². The highest BCUT2D eigenvalue weighted by molar-refractivity contribution is 6.27. The molecule has 0 bridgehead atoms. The summed E-state index contributed by atoms with van der Waals surface area (Å²) in [4.78, 5) is 15.3. The zero-order chi connectivity index (χ0) is 10.6. The van der Waals surface area contributed by atoms with E-state index in [0.29, 0.717) is 5.92 Å². The zero-order valence-electron chi connectivity index (χ0n) is 9.00. The van der Waals surface area contributed by atoms with Gasteiger partial charge in [-0.1, -0.05) is 0 Å². The van der Waals surface area contributed by atoms with Crippen LogP contribution in [0.1, 0.15) is 12.8 Å². The van der Waals surface area contributed by atoms with E-state index in [1.54, 1.807) is 4.90 Å². The molecule has 0 aliphatic carbocycles. The average molecular weight is 219 g/mol. The number of rotatable bonds is 3. The first-order valence-corrected chi connectivity index (χ1v) is 5.65. The molecule has 1 aliphatic rings. The van der Waals surface area contributed by atoms with Gasteiger partial charge in [0.2, 0.25) is 5.91 Å². The Balaban J connectivity index is 2.27. The molecule has 0 aromatic rings. The molecule has 0 atom stereocenters. The molecule has 1 amide bonds. The molecule has 0 aromatic heterocycles. The molecule has 0 radical (unpaired) electrons. The lowest BCUT2D eigenvalue weighted by Gasteiger charge is -2.31. The molecule has 1 fully saturated rings. The van der Waals surface area contributed by atoms with Gasteiger partial charge in [-0.2, -0.15) is 0 Å². The molecule has 4 heteroatoms. The van der Waals surface area contributed by atoms with Crippen LogP contribution in [0.3, 0.4) is 0 Å². The van der Waals surface area contributed by atoms with Gasteiger partial charge in [-0.15, -0.1) is 11.6 Å². The molecule has 0 saturated carbocycles. The molecule has 14 heavy (non-hydrogen) atoms. The van der Waals surface area contributed by atoms with Gasteiger partial charge in [0.05, 0.1) is 0 Å². The van der Waals surface area contributed by atoms with Crippen LogP contribution in [0.2, 0.25) is 0 Å². The fourth-order valence-electron chi connectivity index (χ4n) is 1.84. The molecular weight excluding hydrogens is 200 g/mol. The Labute approximate surface area is 91.0 Å². The van der Waals surface area contributed by atoms with Gasteiger partial charge in [0.1, 0.15) is 5.88 Å². The van der Waals surface area contributed by atoms with E-state index >= 15 is 0 Å². The summed E-state index contributed by atoms with van der Waals surface area (Å²) in [5, 5.41) is 0. The number of piperidine rings is 1. The molecule has 82 valence electrons. The fourth-order valence-corrected chi connectivity index (χ4v) is 2.04. The molecule has 1 aliphatic heterocycles. The predicted octanol–water partition coefficient (Wildman–Crippen LogP) is 1.03. The maximum Gasteiger partial charge on any atom is 0.237 e. The molecular formula is C10H19ClN2O. The molecule has 0 N–H and O–H groups in total. The van der Waals surface area contributed by atoms with E-state index in [0.717, 1.165) is 19.6 Å². The van der Waals surface area contributed by atoms with Crippen LogP contribution in [0, 0.1) is 5.92 Å².